The molecule has 1 atom stereocenters. The van der Waals surface area contributed by atoms with E-state index in [0.29, 0.717) is 11.4 Å². The molecule has 0 saturated heterocycles. The number of pyridine rings is 1. The lowest BCUT2D eigenvalue weighted by molar-refractivity contribution is 0.0627. The van der Waals surface area contributed by atoms with Gasteiger partial charge in [0.2, 0.25) is 0 Å². The minimum absolute atomic E-state index is 0.0845. The molecule has 1 saturated carbocycles. The van der Waals surface area contributed by atoms with E-state index in [0.717, 1.165) is 32.1 Å². The van der Waals surface area contributed by atoms with Crippen LogP contribution in [0.4, 0.5) is 0 Å². The van der Waals surface area contributed by atoms with Crippen molar-refractivity contribution in [1.82, 2.24) is 9.88 Å². The Kier molecular flexibility index (Phi) is 4.23. The highest BCUT2D eigenvalue weighted by Gasteiger charge is 2.40. The first-order valence-electron chi connectivity index (χ1n) is 9.17. The predicted molar refractivity (Wildman–Crippen MR) is 97.2 cm³/mol. The average molecular weight is 350 g/mol. The maximum Gasteiger partial charge on any atom is 0.337 e. The number of hydrogen-bond acceptors (Lipinski definition) is 3. The van der Waals surface area contributed by atoms with E-state index in [1.165, 1.54) is 17.2 Å². The maximum atomic E-state index is 13.3. The molecular weight excluding hydrogens is 328 g/mol. The molecule has 2 aliphatic rings. The van der Waals surface area contributed by atoms with Gasteiger partial charge in [-0.05, 0) is 62.3 Å². The van der Waals surface area contributed by atoms with Gasteiger partial charge in [-0.2, -0.15) is 0 Å². The van der Waals surface area contributed by atoms with Crippen LogP contribution in [0.25, 0.3) is 0 Å². The predicted octanol–water partition coefficient (Wildman–Crippen LogP) is 3.77. The van der Waals surface area contributed by atoms with Crippen LogP contribution in [-0.4, -0.2) is 32.9 Å². The minimum atomic E-state index is -1.02. The molecule has 0 bridgehead atoms. The van der Waals surface area contributed by atoms with Gasteiger partial charge < -0.3 is 10.0 Å². The highest BCUT2D eigenvalue weighted by molar-refractivity contribution is 5.95. The van der Waals surface area contributed by atoms with Crippen LogP contribution in [0.1, 0.15) is 69.4 Å². The van der Waals surface area contributed by atoms with Crippen molar-refractivity contribution < 1.29 is 14.7 Å². The highest BCUT2D eigenvalue weighted by Crippen LogP contribution is 2.41. The van der Waals surface area contributed by atoms with E-state index in [2.05, 4.69) is 23.2 Å². The van der Waals surface area contributed by atoms with Crippen molar-refractivity contribution >= 4 is 11.9 Å². The van der Waals surface area contributed by atoms with Gasteiger partial charge >= 0.3 is 5.97 Å². The number of rotatable bonds is 4. The molecule has 1 heterocycles. The van der Waals surface area contributed by atoms with Gasteiger partial charge in [-0.1, -0.05) is 24.3 Å². The van der Waals surface area contributed by atoms with E-state index in [9.17, 15) is 14.7 Å². The number of nitrogens with zero attached hydrogens (tertiary/aromatic N) is 2. The van der Waals surface area contributed by atoms with Crippen molar-refractivity contribution in [2.75, 3.05) is 0 Å². The summed E-state index contributed by atoms with van der Waals surface area (Å²) in [6.45, 7) is 1.64. The van der Waals surface area contributed by atoms with Crippen LogP contribution in [0.5, 0.6) is 0 Å². The molecule has 1 aromatic carbocycles. The van der Waals surface area contributed by atoms with Crippen molar-refractivity contribution in [3.05, 3.63) is 64.5 Å². The van der Waals surface area contributed by atoms with Crippen LogP contribution >= 0.6 is 0 Å². The van der Waals surface area contributed by atoms with Gasteiger partial charge in [-0.15, -0.1) is 0 Å². The maximum absolute atomic E-state index is 13.3. The number of carboxylic acid groups (broad SMARTS) is 1. The summed E-state index contributed by atoms with van der Waals surface area (Å²) in [7, 11) is 0. The number of hydrogen-bond donors (Lipinski definition) is 1. The first kappa shape index (κ1) is 16.8. The van der Waals surface area contributed by atoms with E-state index in [1.54, 1.807) is 13.0 Å². The molecule has 26 heavy (non-hydrogen) atoms. The molecule has 134 valence electrons. The normalized spacial score (nSPS) is 18.9. The molecule has 0 spiro atoms. The molecule has 2 aliphatic carbocycles. The van der Waals surface area contributed by atoms with Crippen LogP contribution in [0, 0.1) is 6.92 Å². The van der Waals surface area contributed by atoms with Crippen LogP contribution < -0.4 is 0 Å². The van der Waals surface area contributed by atoms with Crippen molar-refractivity contribution in [2.45, 2.75) is 51.1 Å². The number of aromatic nitrogens is 1. The Bertz CT molecular complexity index is 873. The zero-order chi connectivity index (χ0) is 18.3. The monoisotopic (exact) mass is 350 g/mol. The number of aryl methyl sites for hydroxylation is 2. The van der Waals surface area contributed by atoms with Gasteiger partial charge in [0, 0.05) is 6.04 Å². The van der Waals surface area contributed by atoms with E-state index in [4.69, 9.17) is 0 Å². The fourth-order valence-corrected chi connectivity index (χ4v) is 3.97. The zero-order valence-electron chi connectivity index (χ0n) is 14.8. The quantitative estimate of drug-likeness (QED) is 0.911. The SMILES string of the molecule is Cc1nc(C(=O)N(C2CC2)C2CCCc3ccccc32)ccc1C(=O)O. The Morgan fingerprint density at radius 1 is 1.12 bits per heavy atom. The molecule has 5 nitrogen and oxygen atoms in total. The second-order valence-corrected chi connectivity index (χ2v) is 7.19. The first-order chi connectivity index (χ1) is 12.6. The standard InChI is InChI=1S/C21H22N2O3/c1-13-16(21(25)26)11-12-18(22-13)20(24)23(15-9-10-15)19-8-4-6-14-5-2-3-7-17(14)19/h2-3,5,7,11-12,15,19H,4,6,8-10H2,1H3,(H,25,26). The number of aromatic carboxylic acids is 1. The number of fused-ring (bicyclic) bond motifs is 1. The zero-order valence-corrected chi connectivity index (χ0v) is 14.8. The molecule has 0 radical (unpaired) electrons. The summed E-state index contributed by atoms with van der Waals surface area (Å²) >= 11 is 0. The molecule has 1 fully saturated rings. The van der Waals surface area contributed by atoms with Crippen molar-refractivity contribution in [1.29, 1.82) is 0 Å². The summed E-state index contributed by atoms with van der Waals surface area (Å²) < 4.78 is 0. The molecular formula is C21H22N2O3. The number of carboxylic acids is 1. The number of carbonyl (C=O) groups excluding carboxylic acids is 1. The van der Waals surface area contributed by atoms with Crippen molar-refractivity contribution in [3.8, 4) is 0 Å². The molecule has 5 heteroatoms. The summed E-state index contributed by atoms with van der Waals surface area (Å²) in [6, 6.07) is 11.8. The molecule has 1 unspecified atom stereocenters. The molecule has 4 rings (SSSR count). The Morgan fingerprint density at radius 2 is 1.88 bits per heavy atom. The number of benzene rings is 1. The Balaban J connectivity index is 1.69. The molecule has 1 N–H and O–H groups in total. The van der Waals surface area contributed by atoms with Crippen molar-refractivity contribution in [2.24, 2.45) is 0 Å². The largest absolute Gasteiger partial charge is 0.478 e. The van der Waals surface area contributed by atoms with Gasteiger partial charge in [0.05, 0.1) is 17.3 Å². The molecule has 2 aromatic rings. The smallest absolute Gasteiger partial charge is 0.337 e. The van der Waals surface area contributed by atoms with Crippen LogP contribution in [0.15, 0.2) is 36.4 Å². The average Bonchev–Trinajstić information content (AvgIpc) is 3.46. The van der Waals surface area contributed by atoms with E-state index < -0.39 is 5.97 Å². The van der Waals surface area contributed by atoms with Crippen LogP contribution in [0.3, 0.4) is 0 Å². The Hall–Kier alpha value is -2.69. The fourth-order valence-electron chi connectivity index (χ4n) is 3.97. The molecule has 1 aromatic heterocycles. The second kappa shape index (κ2) is 6.56. The van der Waals surface area contributed by atoms with Gasteiger partial charge in [-0.3, -0.25) is 4.79 Å². The summed E-state index contributed by atoms with van der Waals surface area (Å²) in [5, 5.41) is 9.18. The lowest BCUT2D eigenvalue weighted by Crippen LogP contribution is -2.39. The first-order valence-corrected chi connectivity index (χ1v) is 9.17. The van der Waals surface area contributed by atoms with E-state index in [1.807, 2.05) is 11.0 Å². The van der Waals surface area contributed by atoms with E-state index >= 15 is 0 Å². The third-order valence-corrected chi connectivity index (χ3v) is 5.38. The topological polar surface area (TPSA) is 70.5 Å². The summed E-state index contributed by atoms with van der Waals surface area (Å²) in [4.78, 5) is 30.8. The van der Waals surface area contributed by atoms with Crippen LogP contribution in [0.2, 0.25) is 0 Å². The fraction of sp³-hybridized carbons (Fsp3) is 0.381. The number of carbonyl (C=O) groups is 2. The third kappa shape index (κ3) is 2.98. The van der Waals surface area contributed by atoms with E-state index in [-0.39, 0.29) is 23.6 Å². The second-order valence-electron chi connectivity index (χ2n) is 7.19. The lowest BCUT2D eigenvalue weighted by atomic mass is 9.86. The molecule has 0 aliphatic heterocycles. The van der Waals surface area contributed by atoms with Gasteiger partial charge in [0.1, 0.15) is 5.69 Å². The summed E-state index contributed by atoms with van der Waals surface area (Å²) in [6.07, 6.45) is 5.14. The van der Waals surface area contributed by atoms with Gasteiger partial charge in [0.25, 0.3) is 5.91 Å². The highest BCUT2D eigenvalue weighted by atomic mass is 16.4. The Morgan fingerprint density at radius 3 is 2.58 bits per heavy atom. The third-order valence-electron chi connectivity index (χ3n) is 5.38. The van der Waals surface area contributed by atoms with Gasteiger partial charge in [0.15, 0.2) is 0 Å². The summed E-state index contributed by atoms with van der Waals surface area (Å²) in [5.74, 6) is -1.11. The minimum Gasteiger partial charge on any atom is -0.478 e. The summed E-state index contributed by atoms with van der Waals surface area (Å²) in [5.41, 5.74) is 3.43. The van der Waals surface area contributed by atoms with Crippen molar-refractivity contribution in [3.63, 3.8) is 0 Å². The molecule has 1 amide bonds. The Labute approximate surface area is 152 Å². The lowest BCUT2D eigenvalue weighted by Gasteiger charge is -2.36. The van der Waals surface area contributed by atoms with Gasteiger partial charge in [-0.25, -0.2) is 9.78 Å². The van der Waals surface area contributed by atoms with Crippen LogP contribution in [-0.2, 0) is 6.42 Å². The number of amides is 1.